The fourth-order valence-corrected chi connectivity index (χ4v) is 2.03. The van der Waals surface area contributed by atoms with Crippen LogP contribution in [0.1, 0.15) is 26.0 Å². The summed E-state index contributed by atoms with van der Waals surface area (Å²) in [5.74, 6) is 1.03. The molecule has 2 aromatic rings. The van der Waals surface area contributed by atoms with E-state index in [-0.39, 0.29) is 5.82 Å². The van der Waals surface area contributed by atoms with Crippen LogP contribution < -0.4 is 5.32 Å². The molecule has 1 N–H and O–H groups in total. The maximum absolute atomic E-state index is 13.6. The summed E-state index contributed by atoms with van der Waals surface area (Å²) in [6.45, 7) is 4.99. The van der Waals surface area contributed by atoms with Gasteiger partial charge in [-0.1, -0.05) is 13.8 Å². The maximum atomic E-state index is 13.6. The van der Waals surface area contributed by atoms with E-state index in [9.17, 15) is 4.39 Å². The van der Waals surface area contributed by atoms with Crippen LogP contribution in [0.5, 0.6) is 0 Å². The molecule has 1 heterocycles. The molecule has 0 saturated heterocycles. The third-order valence-electron chi connectivity index (χ3n) is 2.88. The van der Waals surface area contributed by atoms with E-state index >= 15 is 0 Å². The Hall–Kier alpha value is -1.49. The van der Waals surface area contributed by atoms with Gasteiger partial charge < -0.3 is 5.32 Å². The van der Waals surface area contributed by atoms with Gasteiger partial charge in [-0.3, -0.25) is 0 Å². The van der Waals surface area contributed by atoms with Crippen molar-refractivity contribution in [2.45, 2.75) is 26.7 Å². The van der Waals surface area contributed by atoms with Gasteiger partial charge in [0.15, 0.2) is 5.82 Å². The minimum atomic E-state index is -0.309. The minimum Gasteiger partial charge on any atom is -0.370 e. The molecule has 5 heteroatoms. The topological polar surface area (TPSA) is 37.8 Å². The smallest absolute Gasteiger partial charge is 0.161 e. The predicted molar refractivity (Wildman–Crippen MR) is 83.3 cm³/mol. The zero-order valence-electron chi connectivity index (χ0n) is 11.6. The van der Waals surface area contributed by atoms with Gasteiger partial charge in [-0.15, -0.1) is 0 Å². The number of halogens is 2. The van der Waals surface area contributed by atoms with Gasteiger partial charge in [0.25, 0.3) is 0 Å². The van der Waals surface area contributed by atoms with E-state index in [1.165, 1.54) is 6.07 Å². The third kappa shape index (κ3) is 3.54. The number of aromatic nitrogens is 2. The van der Waals surface area contributed by atoms with Crippen molar-refractivity contribution in [1.29, 1.82) is 0 Å². The van der Waals surface area contributed by atoms with Gasteiger partial charge in [-0.2, -0.15) is 0 Å². The predicted octanol–water partition coefficient (Wildman–Crippen LogP) is 4.43. The highest BCUT2D eigenvalue weighted by molar-refractivity contribution is 9.10. The highest BCUT2D eigenvalue weighted by atomic mass is 79.9. The van der Waals surface area contributed by atoms with Crippen molar-refractivity contribution in [1.82, 2.24) is 9.97 Å². The van der Waals surface area contributed by atoms with Gasteiger partial charge in [-0.25, -0.2) is 14.4 Å². The van der Waals surface area contributed by atoms with Crippen molar-refractivity contribution in [2.75, 3.05) is 11.9 Å². The quantitative estimate of drug-likeness (QED) is 0.876. The van der Waals surface area contributed by atoms with E-state index in [1.807, 2.05) is 19.1 Å². The highest BCUT2D eigenvalue weighted by Gasteiger charge is 2.08. The Kier molecular flexibility index (Phi) is 5.06. The fraction of sp³-hybridized carbons (Fsp3) is 0.333. The molecule has 0 fully saturated rings. The van der Waals surface area contributed by atoms with E-state index < -0.39 is 0 Å². The second-order valence-corrected chi connectivity index (χ2v) is 5.33. The molecule has 1 aromatic carbocycles. The lowest BCUT2D eigenvalue weighted by atomic mass is 10.2. The number of nitrogens with one attached hydrogen (secondary N) is 1. The number of nitrogens with zero attached hydrogens (tertiary/aromatic N) is 2. The van der Waals surface area contributed by atoms with Crippen LogP contribution in [0.2, 0.25) is 0 Å². The molecule has 0 aliphatic carbocycles. The van der Waals surface area contributed by atoms with Crippen LogP contribution in [-0.2, 0) is 6.42 Å². The summed E-state index contributed by atoms with van der Waals surface area (Å²) in [6, 6.07) is 6.87. The average molecular weight is 338 g/mol. The first kappa shape index (κ1) is 14.9. The van der Waals surface area contributed by atoms with E-state index in [2.05, 4.69) is 38.1 Å². The lowest BCUT2D eigenvalue weighted by Crippen LogP contribution is -2.05. The summed E-state index contributed by atoms with van der Waals surface area (Å²) in [5, 5.41) is 3.25. The van der Waals surface area contributed by atoms with Crippen molar-refractivity contribution in [3.63, 3.8) is 0 Å². The van der Waals surface area contributed by atoms with Crippen LogP contribution in [0.15, 0.2) is 28.7 Å². The van der Waals surface area contributed by atoms with E-state index in [0.29, 0.717) is 15.9 Å². The highest BCUT2D eigenvalue weighted by Crippen LogP contribution is 2.23. The summed E-state index contributed by atoms with van der Waals surface area (Å²) in [6.07, 6.45) is 1.84. The van der Waals surface area contributed by atoms with Crippen molar-refractivity contribution in [3.8, 4) is 11.4 Å². The molecule has 2 rings (SSSR count). The molecule has 0 amide bonds. The van der Waals surface area contributed by atoms with E-state index in [1.54, 1.807) is 6.07 Å². The monoisotopic (exact) mass is 337 g/mol. The molecule has 106 valence electrons. The zero-order chi connectivity index (χ0) is 14.5. The molecule has 1 aromatic heterocycles. The third-order valence-corrected chi connectivity index (χ3v) is 3.52. The average Bonchev–Trinajstić information content (AvgIpc) is 2.47. The Balaban J connectivity index is 2.41. The Labute approximate surface area is 126 Å². The summed E-state index contributed by atoms with van der Waals surface area (Å²) in [7, 11) is 0. The van der Waals surface area contributed by atoms with Crippen LogP contribution in [0.25, 0.3) is 11.4 Å². The molecule has 0 saturated carbocycles. The molecule has 0 radical (unpaired) electrons. The lowest BCUT2D eigenvalue weighted by Gasteiger charge is -2.09. The Morgan fingerprint density at radius 1 is 1.20 bits per heavy atom. The molecule has 0 aliphatic heterocycles. The lowest BCUT2D eigenvalue weighted by molar-refractivity contribution is 0.621. The standard InChI is InChI=1S/C15H17BrFN3/c1-3-7-18-14-9-11(4-2)19-15(20-14)10-5-6-12(16)13(17)8-10/h5-6,8-9H,3-4,7H2,1-2H3,(H,18,19,20). The van der Waals surface area contributed by atoms with Crippen molar-refractivity contribution in [3.05, 3.63) is 40.2 Å². The molecule has 3 nitrogen and oxygen atoms in total. The number of rotatable bonds is 5. The minimum absolute atomic E-state index is 0.309. The largest absolute Gasteiger partial charge is 0.370 e. The van der Waals surface area contributed by atoms with Gasteiger partial charge in [0, 0.05) is 23.9 Å². The van der Waals surface area contributed by atoms with Crippen molar-refractivity contribution < 1.29 is 4.39 Å². The SMILES string of the molecule is CCCNc1cc(CC)nc(-c2ccc(Br)c(F)c2)n1. The van der Waals surface area contributed by atoms with E-state index in [4.69, 9.17) is 0 Å². The number of hydrogen-bond acceptors (Lipinski definition) is 3. The number of anilines is 1. The molecular formula is C15H17BrFN3. The summed E-state index contributed by atoms with van der Waals surface area (Å²) < 4.78 is 14.1. The van der Waals surface area contributed by atoms with E-state index in [0.717, 1.165) is 30.9 Å². The summed E-state index contributed by atoms with van der Waals surface area (Å²) in [4.78, 5) is 8.92. The van der Waals surface area contributed by atoms with Crippen molar-refractivity contribution in [2.24, 2.45) is 0 Å². The molecule has 0 atom stereocenters. The Morgan fingerprint density at radius 2 is 2.00 bits per heavy atom. The van der Waals surface area contributed by atoms with Gasteiger partial charge >= 0.3 is 0 Å². The fourth-order valence-electron chi connectivity index (χ4n) is 1.79. The number of benzene rings is 1. The first-order valence-corrected chi connectivity index (χ1v) is 7.50. The first-order chi connectivity index (χ1) is 9.63. The Morgan fingerprint density at radius 3 is 2.65 bits per heavy atom. The number of aryl methyl sites for hydroxylation is 1. The Bertz CT molecular complexity index is 602. The van der Waals surface area contributed by atoms with Gasteiger partial charge in [0.2, 0.25) is 0 Å². The summed E-state index contributed by atoms with van der Waals surface area (Å²) >= 11 is 3.15. The zero-order valence-corrected chi connectivity index (χ0v) is 13.2. The van der Waals surface area contributed by atoms with Crippen molar-refractivity contribution >= 4 is 21.7 Å². The molecule has 20 heavy (non-hydrogen) atoms. The first-order valence-electron chi connectivity index (χ1n) is 6.71. The molecule has 0 unspecified atom stereocenters. The van der Waals surface area contributed by atoms with Crippen LogP contribution >= 0.6 is 15.9 Å². The molecule has 0 bridgehead atoms. The molecule has 0 aliphatic rings. The molecular weight excluding hydrogens is 321 g/mol. The van der Waals surface area contributed by atoms with Gasteiger partial charge in [0.1, 0.15) is 11.6 Å². The molecule has 0 spiro atoms. The normalized spacial score (nSPS) is 10.6. The summed E-state index contributed by atoms with van der Waals surface area (Å²) in [5.41, 5.74) is 1.62. The van der Waals surface area contributed by atoms with Gasteiger partial charge in [-0.05, 0) is 47.0 Å². The van der Waals surface area contributed by atoms with Crippen LogP contribution in [0.4, 0.5) is 10.2 Å². The second-order valence-electron chi connectivity index (χ2n) is 4.48. The van der Waals surface area contributed by atoms with Gasteiger partial charge in [0.05, 0.1) is 4.47 Å². The maximum Gasteiger partial charge on any atom is 0.161 e. The van der Waals surface area contributed by atoms with Crippen LogP contribution in [-0.4, -0.2) is 16.5 Å². The second kappa shape index (κ2) is 6.79. The number of hydrogen-bond donors (Lipinski definition) is 1. The van der Waals surface area contributed by atoms with Crippen LogP contribution in [0.3, 0.4) is 0 Å². The van der Waals surface area contributed by atoms with Crippen LogP contribution in [0, 0.1) is 5.82 Å².